The van der Waals surface area contributed by atoms with Crippen LogP contribution in [0.2, 0.25) is 0 Å². The average molecular weight is 449 g/mol. The second-order valence-corrected chi connectivity index (χ2v) is 9.39. The molecule has 1 aliphatic heterocycles. The van der Waals surface area contributed by atoms with E-state index in [1.165, 1.54) is 35.2 Å². The first-order chi connectivity index (χ1) is 15.5. The van der Waals surface area contributed by atoms with E-state index >= 15 is 0 Å². The van der Waals surface area contributed by atoms with Crippen molar-refractivity contribution in [2.24, 2.45) is 5.41 Å². The minimum atomic E-state index is -0.642. The Kier molecular flexibility index (Phi) is 5.35. The Hall–Kier alpha value is -3.88. The summed E-state index contributed by atoms with van der Waals surface area (Å²) in [5, 5.41) is 23.1. The molecule has 9 nitrogen and oxygen atoms in total. The third-order valence-corrected chi connectivity index (χ3v) is 6.19. The van der Waals surface area contributed by atoms with E-state index in [0.29, 0.717) is 28.8 Å². The summed E-state index contributed by atoms with van der Waals surface area (Å²) in [6.45, 7) is 5.56. The summed E-state index contributed by atoms with van der Waals surface area (Å²) in [4.78, 5) is 50.1. The van der Waals surface area contributed by atoms with Crippen LogP contribution in [-0.2, 0) is 9.59 Å². The van der Waals surface area contributed by atoms with Crippen molar-refractivity contribution in [2.45, 2.75) is 46.0 Å². The van der Waals surface area contributed by atoms with E-state index < -0.39 is 21.2 Å². The van der Waals surface area contributed by atoms with Crippen molar-refractivity contribution in [3.05, 3.63) is 85.1 Å². The van der Waals surface area contributed by atoms with Crippen LogP contribution in [0.25, 0.3) is 0 Å². The number of Topliss-reactive ketones (excluding diaryl/α,β-unsaturated/α-hetero) is 1. The van der Waals surface area contributed by atoms with Crippen LogP contribution < -0.4 is 4.90 Å². The molecule has 4 rings (SSSR count). The zero-order chi connectivity index (χ0) is 24.1. The monoisotopic (exact) mass is 449 g/mol. The number of hydrogen-bond donors (Lipinski definition) is 0. The quantitative estimate of drug-likeness (QED) is 0.479. The van der Waals surface area contributed by atoms with Gasteiger partial charge in [0, 0.05) is 48.2 Å². The van der Waals surface area contributed by atoms with Crippen LogP contribution in [0, 0.1) is 32.6 Å². The highest BCUT2D eigenvalue weighted by atomic mass is 16.6. The number of ketones is 1. The van der Waals surface area contributed by atoms with Crippen molar-refractivity contribution in [3.8, 4) is 0 Å². The molecule has 1 unspecified atom stereocenters. The Bertz CT molecular complexity index is 1250. The van der Waals surface area contributed by atoms with E-state index in [1.54, 1.807) is 19.1 Å². The average Bonchev–Trinajstić information content (AvgIpc) is 2.72. The molecule has 2 aromatic carbocycles. The molecule has 0 aromatic heterocycles. The van der Waals surface area contributed by atoms with Gasteiger partial charge in [0.25, 0.3) is 11.4 Å². The summed E-state index contributed by atoms with van der Waals surface area (Å²) in [6, 6.07) is 10.6. The maximum atomic E-state index is 13.5. The largest absolute Gasteiger partial charge is 0.294 e. The molecular formula is C24H23N3O6. The van der Waals surface area contributed by atoms with Crippen molar-refractivity contribution >= 4 is 28.8 Å². The molecule has 1 atom stereocenters. The molecule has 0 radical (unpaired) electrons. The van der Waals surface area contributed by atoms with Crippen LogP contribution in [0.15, 0.2) is 53.7 Å². The lowest BCUT2D eigenvalue weighted by molar-refractivity contribution is -0.385. The second kappa shape index (κ2) is 7.91. The number of carbonyl (C=O) groups is 2. The van der Waals surface area contributed by atoms with Gasteiger partial charge >= 0.3 is 0 Å². The first kappa shape index (κ1) is 22.3. The van der Waals surface area contributed by atoms with E-state index in [9.17, 15) is 29.8 Å². The van der Waals surface area contributed by atoms with Gasteiger partial charge in [-0.3, -0.25) is 34.7 Å². The molecule has 1 aliphatic carbocycles. The number of aryl methyl sites for hydroxylation is 1. The zero-order valence-electron chi connectivity index (χ0n) is 18.5. The predicted octanol–water partition coefficient (Wildman–Crippen LogP) is 4.98. The highest BCUT2D eigenvalue weighted by Crippen LogP contribution is 2.49. The van der Waals surface area contributed by atoms with E-state index in [-0.39, 0.29) is 41.6 Å². The Morgan fingerprint density at radius 3 is 2.39 bits per heavy atom. The fraction of sp³-hybridized carbons (Fsp3) is 0.333. The smallest absolute Gasteiger partial charge is 0.293 e. The molecule has 2 aromatic rings. The molecule has 0 saturated carbocycles. The van der Waals surface area contributed by atoms with Crippen LogP contribution in [0.4, 0.5) is 17.1 Å². The van der Waals surface area contributed by atoms with Crippen molar-refractivity contribution < 1.29 is 19.4 Å². The van der Waals surface area contributed by atoms with Crippen LogP contribution in [0.1, 0.15) is 50.2 Å². The van der Waals surface area contributed by atoms with Crippen LogP contribution in [0.5, 0.6) is 0 Å². The van der Waals surface area contributed by atoms with Gasteiger partial charge in [0.1, 0.15) is 5.69 Å². The molecule has 0 bridgehead atoms. The fourth-order valence-electron chi connectivity index (χ4n) is 4.80. The van der Waals surface area contributed by atoms with Crippen molar-refractivity contribution in [1.82, 2.24) is 0 Å². The molecule has 9 heteroatoms. The van der Waals surface area contributed by atoms with Gasteiger partial charge in [-0.25, -0.2) is 0 Å². The molecule has 1 heterocycles. The Labute approximate surface area is 190 Å². The Balaban J connectivity index is 1.95. The van der Waals surface area contributed by atoms with Gasteiger partial charge in [-0.2, -0.15) is 0 Å². The van der Waals surface area contributed by atoms with E-state index in [1.807, 2.05) is 13.8 Å². The molecule has 33 heavy (non-hydrogen) atoms. The number of rotatable bonds is 4. The minimum Gasteiger partial charge on any atom is -0.294 e. The SMILES string of the molecule is Cc1ccc(N2C(=O)CC(c3cccc([N+](=O)[O-])c3)C3=C2CC(C)(C)CC3=O)c([N+](=O)[O-])c1. The van der Waals surface area contributed by atoms with Gasteiger partial charge in [0.2, 0.25) is 5.91 Å². The number of carbonyl (C=O) groups excluding carboxylic acids is 2. The van der Waals surface area contributed by atoms with E-state index in [0.717, 1.165) is 0 Å². The lowest BCUT2D eigenvalue weighted by atomic mass is 9.69. The summed E-state index contributed by atoms with van der Waals surface area (Å²) in [7, 11) is 0. The van der Waals surface area contributed by atoms with Crippen molar-refractivity contribution in [2.75, 3.05) is 4.90 Å². The number of nitrogens with zero attached hydrogens (tertiary/aromatic N) is 3. The third kappa shape index (κ3) is 4.02. The highest BCUT2D eigenvalue weighted by Gasteiger charge is 2.45. The first-order valence-corrected chi connectivity index (χ1v) is 10.6. The molecule has 1 amide bonds. The van der Waals surface area contributed by atoms with Crippen LogP contribution >= 0.6 is 0 Å². The van der Waals surface area contributed by atoms with E-state index in [2.05, 4.69) is 0 Å². The standard InChI is InChI=1S/C24H23N3O6/c1-14-7-8-18(19(9-14)27(32)33)25-20-12-24(2,3)13-21(28)23(20)17(11-22(25)29)15-5-4-6-16(10-15)26(30)31/h4-10,17H,11-13H2,1-3H3. The van der Waals surface area contributed by atoms with Gasteiger partial charge in [0.15, 0.2) is 5.78 Å². The number of hydrogen-bond acceptors (Lipinski definition) is 6. The topological polar surface area (TPSA) is 124 Å². The molecule has 2 aliphatic rings. The molecule has 0 N–H and O–H groups in total. The van der Waals surface area contributed by atoms with Gasteiger partial charge in [0.05, 0.1) is 9.85 Å². The third-order valence-electron chi connectivity index (χ3n) is 6.19. The Morgan fingerprint density at radius 1 is 1.00 bits per heavy atom. The predicted molar refractivity (Wildman–Crippen MR) is 121 cm³/mol. The Morgan fingerprint density at radius 2 is 1.73 bits per heavy atom. The van der Waals surface area contributed by atoms with E-state index in [4.69, 9.17) is 0 Å². The van der Waals surface area contributed by atoms with Crippen molar-refractivity contribution in [1.29, 1.82) is 0 Å². The number of non-ortho nitro benzene ring substituents is 1. The van der Waals surface area contributed by atoms with Gasteiger partial charge in [-0.05, 0) is 36.0 Å². The second-order valence-electron chi connectivity index (χ2n) is 9.39. The minimum absolute atomic E-state index is 0.114. The van der Waals surface area contributed by atoms with Gasteiger partial charge in [-0.1, -0.05) is 32.0 Å². The maximum Gasteiger partial charge on any atom is 0.293 e. The lowest BCUT2D eigenvalue weighted by Crippen LogP contribution is -2.44. The maximum absolute atomic E-state index is 13.5. The van der Waals surface area contributed by atoms with Crippen LogP contribution in [0.3, 0.4) is 0 Å². The summed E-state index contributed by atoms with van der Waals surface area (Å²) in [5.74, 6) is -1.18. The van der Waals surface area contributed by atoms with Crippen LogP contribution in [-0.4, -0.2) is 21.5 Å². The lowest BCUT2D eigenvalue weighted by Gasteiger charge is -2.42. The zero-order valence-corrected chi connectivity index (χ0v) is 18.5. The summed E-state index contributed by atoms with van der Waals surface area (Å²) >= 11 is 0. The number of amides is 1. The normalized spacial score (nSPS) is 20.0. The molecule has 0 fully saturated rings. The number of benzene rings is 2. The highest BCUT2D eigenvalue weighted by molar-refractivity contribution is 6.08. The summed E-state index contributed by atoms with van der Waals surface area (Å²) in [5.41, 5.74) is 1.39. The first-order valence-electron chi connectivity index (χ1n) is 10.6. The molecule has 0 saturated heterocycles. The van der Waals surface area contributed by atoms with Crippen molar-refractivity contribution in [3.63, 3.8) is 0 Å². The number of allylic oxidation sites excluding steroid dienone is 2. The number of nitro benzene ring substituents is 2. The number of anilines is 1. The summed E-state index contributed by atoms with van der Waals surface area (Å²) in [6.07, 6.45) is 0.517. The summed E-state index contributed by atoms with van der Waals surface area (Å²) < 4.78 is 0. The fourth-order valence-corrected chi connectivity index (χ4v) is 4.80. The molecular weight excluding hydrogens is 426 g/mol. The number of nitro groups is 2. The molecule has 0 spiro atoms. The molecule has 170 valence electrons. The van der Waals surface area contributed by atoms with Gasteiger partial charge in [-0.15, -0.1) is 0 Å². The van der Waals surface area contributed by atoms with Gasteiger partial charge < -0.3 is 0 Å².